The van der Waals surface area contributed by atoms with Crippen molar-refractivity contribution in [3.63, 3.8) is 0 Å². The Morgan fingerprint density at radius 1 is 1.17 bits per heavy atom. The minimum absolute atomic E-state index is 0.0946. The van der Waals surface area contributed by atoms with Gasteiger partial charge < -0.3 is 14.4 Å². The Hall–Kier alpha value is -3.66. The van der Waals surface area contributed by atoms with Crippen LogP contribution in [0, 0.1) is 11.3 Å². The predicted octanol–water partition coefficient (Wildman–Crippen LogP) is 1.67. The standard InChI is InChI=1S/C16H10N2O5/c17-10-13-5-2-8-18(13)12-4-1-3-11(9-12)16(22)23-15(21)7-6-14(19)20/h1-9H,(H,19,20)/b7-6-. The molecule has 2 aromatic rings. The quantitative estimate of drug-likeness (QED) is 0.522. The third-order valence-corrected chi connectivity index (χ3v) is 2.78. The molecule has 0 radical (unpaired) electrons. The lowest BCUT2D eigenvalue weighted by atomic mass is 10.2. The molecule has 0 aliphatic heterocycles. The number of carbonyl (C=O) groups excluding carboxylic acids is 2. The lowest BCUT2D eigenvalue weighted by Crippen LogP contribution is -2.11. The minimum Gasteiger partial charge on any atom is -0.478 e. The molecule has 7 nitrogen and oxygen atoms in total. The molecule has 1 aromatic carbocycles. The van der Waals surface area contributed by atoms with Gasteiger partial charge in [0.05, 0.1) is 5.56 Å². The smallest absolute Gasteiger partial charge is 0.346 e. The van der Waals surface area contributed by atoms with Gasteiger partial charge in [-0.25, -0.2) is 14.4 Å². The number of nitrogens with zero attached hydrogens (tertiary/aromatic N) is 2. The van der Waals surface area contributed by atoms with E-state index < -0.39 is 17.9 Å². The van der Waals surface area contributed by atoms with Crippen molar-refractivity contribution >= 4 is 17.9 Å². The number of benzene rings is 1. The van der Waals surface area contributed by atoms with Crippen LogP contribution in [-0.4, -0.2) is 27.6 Å². The van der Waals surface area contributed by atoms with E-state index in [1.165, 1.54) is 12.1 Å². The van der Waals surface area contributed by atoms with Crippen molar-refractivity contribution in [2.75, 3.05) is 0 Å². The van der Waals surface area contributed by atoms with E-state index in [0.29, 0.717) is 23.5 Å². The molecule has 23 heavy (non-hydrogen) atoms. The normalized spacial score (nSPS) is 10.2. The summed E-state index contributed by atoms with van der Waals surface area (Å²) >= 11 is 0. The highest BCUT2D eigenvalue weighted by atomic mass is 16.6. The van der Waals surface area contributed by atoms with Crippen molar-refractivity contribution < 1.29 is 24.2 Å². The Morgan fingerprint density at radius 2 is 1.96 bits per heavy atom. The predicted molar refractivity (Wildman–Crippen MR) is 77.7 cm³/mol. The number of carboxylic acids is 1. The van der Waals surface area contributed by atoms with Gasteiger partial charge in [-0.3, -0.25) is 0 Å². The summed E-state index contributed by atoms with van der Waals surface area (Å²) in [5, 5.41) is 17.4. The van der Waals surface area contributed by atoms with Gasteiger partial charge in [-0.15, -0.1) is 0 Å². The molecule has 1 heterocycles. The number of aliphatic carboxylic acids is 1. The van der Waals surface area contributed by atoms with Crippen molar-refractivity contribution in [1.82, 2.24) is 4.57 Å². The van der Waals surface area contributed by atoms with Crippen molar-refractivity contribution in [3.8, 4) is 11.8 Å². The zero-order valence-electron chi connectivity index (χ0n) is 11.7. The maximum Gasteiger partial charge on any atom is 0.346 e. The van der Waals surface area contributed by atoms with Crippen molar-refractivity contribution in [1.29, 1.82) is 5.26 Å². The first-order chi connectivity index (χ1) is 11.0. The van der Waals surface area contributed by atoms with Gasteiger partial charge in [0, 0.05) is 24.0 Å². The molecule has 0 bridgehead atoms. The van der Waals surface area contributed by atoms with Gasteiger partial charge in [-0.2, -0.15) is 5.26 Å². The molecule has 0 aliphatic rings. The van der Waals surface area contributed by atoms with Crippen LogP contribution in [0.4, 0.5) is 0 Å². The van der Waals surface area contributed by atoms with E-state index in [0.717, 1.165) is 0 Å². The second kappa shape index (κ2) is 6.87. The third kappa shape index (κ3) is 3.92. The molecule has 0 spiro atoms. The zero-order chi connectivity index (χ0) is 16.8. The summed E-state index contributed by atoms with van der Waals surface area (Å²) in [5.41, 5.74) is 1.03. The van der Waals surface area contributed by atoms with Crippen LogP contribution in [-0.2, 0) is 14.3 Å². The summed E-state index contributed by atoms with van der Waals surface area (Å²) < 4.78 is 6.09. The second-order valence-corrected chi connectivity index (χ2v) is 4.31. The van der Waals surface area contributed by atoms with Gasteiger partial charge >= 0.3 is 17.9 Å². The average Bonchev–Trinajstić information content (AvgIpc) is 3.01. The Bertz CT molecular complexity index is 842. The fourth-order valence-corrected chi connectivity index (χ4v) is 1.80. The number of carboxylic acid groups (broad SMARTS) is 1. The van der Waals surface area contributed by atoms with Crippen LogP contribution in [0.1, 0.15) is 16.1 Å². The van der Waals surface area contributed by atoms with Crippen molar-refractivity contribution in [2.45, 2.75) is 0 Å². The molecule has 0 saturated heterocycles. The molecular formula is C16H10N2O5. The number of esters is 2. The number of carbonyl (C=O) groups is 3. The van der Waals surface area contributed by atoms with Gasteiger partial charge in [0.25, 0.3) is 0 Å². The SMILES string of the molecule is N#Cc1cccn1-c1cccc(C(=O)OC(=O)/C=C\C(=O)O)c1. The first-order valence-electron chi connectivity index (χ1n) is 6.36. The van der Waals surface area contributed by atoms with E-state index >= 15 is 0 Å². The summed E-state index contributed by atoms with van der Waals surface area (Å²) in [6.45, 7) is 0. The lowest BCUT2D eigenvalue weighted by Gasteiger charge is -2.06. The van der Waals surface area contributed by atoms with Crippen molar-refractivity contribution in [3.05, 3.63) is 66.0 Å². The highest BCUT2D eigenvalue weighted by Crippen LogP contribution is 2.15. The van der Waals surface area contributed by atoms with Crippen LogP contribution >= 0.6 is 0 Å². The van der Waals surface area contributed by atoms with E-state index in [2.05, 4.69) is 4.74 Å². The lowest BCUT2D eigenvalue weighted by molar-refractivity contribution is -0.134. The summed E-state index contributed by atoms with van der Waals surface area (Å²) in [6, 6.07) is 11.5. The van der Waals surface area contributed by atoms with Crippen LogP contribution in [0.25, 0.3) is 5.69 Å². The van der Waals surface area contributed by atoms with Crippen LogP contribution in [0.2, 0.25) is 0 Å². The Morgan fingerprint density at radius 3 is 2.65 bits per heavy atom. The molecule has 114 valence electrons. The molecule has 1 N–H and O–H groups in total. The molecule has 0 atom stereocenters. The van der Waals surface area contributed by atoms with Crippen molar-refractivity contribution in [2.24, 2.45) is 0 Å². The maximum absolute atomic E-state index is 11.9. The molecule has 1 aromatic heterocycles. The summed E-state index contributed by atoms with van der Waals surface area (Å²) in [5.74, 6) is -3.33. The van der Waals surface area contributed by atoms with E-state index in [1.54, 1.807) is 35.0 Å². The van der Waals surface area contributed by atoms with E-state index in [1.807, 2.05) is 6.07 Å². The molecule has 2 rings (SSSR count). The van der Waals surface area contributed by atoms with Crippen LogP contribution in [0.15, 0.2) is 54.7 Å². The number of nitriles is 1. The Kier molecular flexibility index (Phi) is 4.69. The third-order valence-electron chi connectivity index (χ3n) is 2.78. The Labute approximate surface area is 130 Å². The summed E-state index contributed by atoms with van der Waals surface area (Å²) in [4.78, 5) is 33.5. The molecule has 7 heteroatoms. The molecule has 0 amide bonds. The topological polar surface area (TPSA) is 109 Å². The first-order valence-corrected chi connectivity index (χ1v) is 6.36. The fourth-order valence-electron chi connectivity index (χ4n) is 1.80. The van der Waals surface area contributed by atoms with Gasteiger partial charge in [0.15, 0.2) is 0 Å². The number of ether oxygens (including phenoxy) is 1. The average molecular weight is 310 g/mol. The van der Waals surface area contributed by atoms with E-state index in [-0.39, 0.29) is 5.56 Å². The van der Waals surface area contributed by atoms with Gasteiger partial charge in [-0.05, 0) is 30.3 Å². The molecule has 0 saturated carbocycles. The van der Waals surface area contributed by atoms with E-state index in [4.69, 9.17) is 10.4 Å². The number of hydrogen-bond acceptors (Lipinski definition) is 5. The minimum atomic E-state index is -1.33. The van der Waals surface area contributed by atoms with Crippen LogP contribution in [0.5, 0.6) is 0 Å². The molecule has 0 fully saturated rings. The summed E-state index contributed by atoms with van der Waals surface area (Å²) in [7, 11) is 0. The van der Waals surface area contributed by atoms with Gasteiger partial charge in [-0.1, -0.05) is 6.07 Å². The number of hydrogen-bond donors (Lipinski definition) is 1. The Balaban J connectivity index is 2.20. The largest absolute Gasteiger partial charge is 0.478 e. The maximum atomic E-state index is 11.9. The fraction of sp³-hybridized carbons (Fsp3) is 0. The molecular weight excluding hydrogens is 300 g/mol. The first kappa shape index (κ1) is 15.7. The van der Waals surface area contributed by atoms with Crippen LogP contribution in [0.3, 0.4) is 0 Å². The highest BCUT2D eigenvalue weighted by Gasteiger charge is 2.13. The summed E-state index contributed by atoms with van der Waals surface area (Å²) in [6.07, 6.45) is 2.87. The molecule has 0 unspecified atom stereocenters. The van der Waals surface area contributed by atoms with Gasteiger partial charge in [0.1, 0.15) is 11.8 Å². The van der Waals surface area contributed by atoms with E-state index in [9.17, 15) is 14.4 Å². The van der Waals surface area contributed by atoms with Crippen LogP contribution < -0.4 is 0 Å². The second-order valence-electron chi connectivity index (χ2n) is 4.31. The monoisotopic (exact) mass is 310 g/mol. The number of aromatic nitrogens is 1. The molecule has 0 aliphatic carbocycles. The number of rotatable bonds is 4. The zero-order valence-corrected chi connectivity index (χ0v) is 11.7. The van der Waals surface area contributed by atoms with Gasteiger partial charge in [0.2, 0.25) is 0 Å². The highest BCUT2D eigenvalue weighted by molar-refractivity contribution is 6.01.